The van der Waals surface area contributed by atoms with E-state index in [-0.39, 0.29) is 11.5 Å². The number of fused-ring (bicyclic) bond motifs is 2. The summed E-state index contributed by atoms with van der Waals surface area (Å²) in [5.74, 6) is 0.333. The first kappa shape index (κ1) is 20.9. The number of anilines is 1. The molecular formula is C23H17ClN4O2S2. The summed E-state index contributed by atoms with van der Waals surface area (Å²) < 4.78 is 1.34. The van der Waals surface area contributed by atoms with Gasteiger partial charge in [0.05, 0.1) is 16.0 Å². The van der Waals surface area contributed by atoms with E-state index in [0.717, 1.165) is 16.8 Å². The number of carbonyl (C=O) groups excluding carboxylic acids is 1. The van der Waals surface area contributed by atoms with Crippen molar-refractivity contribution in [2.24, 2.45) is 5.10 Å². The van der Waals surface area contributed by atoms with Gasteiger partial charge in [-0.15, -0.1) is 11.3 Å². The van der Waals surface area contributed by atoms with Crippen molar-refractivity contribution in [2.45, 2.75) is 19.0 Å². The number of thiophene rings is 1. The summed E-state index contributed by atoms with van der Waals surface area (Å²) in [4.78, 5) is 31.9. The lowest BCUT2D eigenvalue weighted by Crippen LogP contribution is -2.25. The van der Waals surface area contributed by atoms with Gasteiger partial charge in [0.2, 0.25) is 0 Å². The van der Waals surface area contributed by atoms with Gasteiger partial charge < -0.3 is 5.32 Å². The van der Waals surface area contributed by atoms with E-state index >= 15 is 0 Å². The maximum Gasteiger partial charge on any atom is 0.283 e. The molecule has 5 rings (SSSR count). The first-order valence-electron chi connectivity index (χ1n) is 9.81. The Kier molecular flexibility index (Phi) is 5.36. The Balaban J connectivity index is 1.55. The number of aryl methyl sites for hydroxylation is 2. The van der Waals surface area contributed by atoms with Gasteiger partial charge in [0, 0.05) is 16.5 Å². The number of halogens is 1. The van der Waals surface area contributed by atoms with Crippen molar-refractivity contribution < 1.29 is 4.79 Å². The highest BCUT2D eigenvalue weighted by atomic mass is 35.5. The normalized spacial score (nSPS) is 13.0. The molecule has 1 N–H and O–H groups in total. The summed E-state index contributed by atoms with van der Waals surface area (Å²) in [6.07, 6.45) is 0. The summed E-state index contributed by atoms with van der Waals surface area (Å²) in [7, 11) is 0. The molecule has 3 heterocycles. The molecule has 1 aliphatic rings. The fourth-order valence-electron chi connectivity index (χ4n) is 3.44. The second-order valence-electron chi connectivity index (χ2n) is 7.41. The average molecular weight is 481 g/mol. The third-order valence-electron chi connectivity index (χ3n) is 5.16. The number of thioether (sulfide) groups is 1. The molecule has 9 heteroatoms. The molecular weight excluding hydrogens is 464 g/mol. The number of amides is 1. The van der Waals surface area contributed by atoms with Crippen LogP contribution in [0.15, 0.2) is 63.6 Å². The minimum absolute atomic E-state index is 0.255. The number of aromatic nitrogens is 2. The third-order valence-corrected chi connectivity index (χ3v) is 7.54. The van der Waals surface area contributed by atoms with Crippen molar-refractivity contribution in [1.29, 1.82) is 0 Å². The van der Waals surface area contributed by atoms with Crippen molar-refractivity contribution in [1.82, 2.24) is 9.66 Å². The van der Waals surface area contributed by atoms with E-state index in [1.165, 1.54) is 27.8 Å². The molecule has 0 unspecified atom stereocenters. The second-order valence-corrected chi connectivity index (χ2v) is 9.79. The van der Waals surface area contributed by atoms with E-state index in [9.17, 15) is 9.59 Å². The van der Waals surface area contributed by atoms with E-state index in [0.29, 0.717) is 42.3 Å². The van der Waals surface area contributed by atoms with Gasteiger partial charge in [-0.2, -0.15) is 9.78 Å². The number of carbonyl (C=O) groups is 1. The number of benzene rings is 2. The van der Waals surface area contributed by atoms with Gasteiger partial charge in [-0.05, 0) is 49.2 Å². The third kappa shape index (κ3) is 3.74. The number of hydrogen-bond acceptors (Lipinski definition) is 6. The monoisotopic (exact) mass is 480 g/mol. The Morgan fingerprint density at radius 2 is 1.81 bits per heavy atom. The molecule has 0 atom stereocenters. The van der Waals surface area contributed by atoms with Crippen molar-refractivity contribution in [3.8, 4) is 0 Å². The number of hydrogen-bond donors (Lipinski definition) is 1. The molecule has 0 spiro atoms. The molecule has 160 valence electrons. The first-order valence-corrected chi connectivity index (χ1v) is 12.0. The summed E-state index contributed by atoms with van der Waals surface area (Å²) in [5.41, 5.74) is 3.83. The molecule has 32 heavy (non-hydrogen) atoms. The minimum Gasteiger partial charge on any atom is -0.321 e. The molecule has 0 aliphatic carbocycles. The van der Waals surface area contributed by atoms with Crippen LogP contribution in [0.2, 0.25) is 5.02 Å². The molecule has 2 aromatic heterocycles. The van der Waals surface area contributed by atoms with Gasteiger partial charge in [-0.25, -0.2) is 4.98 Å². The SMILES string of the molecule is Cc1ccc(NC(=O)c2sc3nc4n(c(=O)c3c2C)N=C(c2ccc(Cl)cc2)CS4)cc1. The second kappa shape index (κ2) is 8.20. The van der Waals surface area contributed by atoms with E-state index < -0.39 is 0 Å². The predicted molar refractivity (Wildman–Crippen MR) is 132 cm³/mol. The Morgan fingerprint density at radius 1 is 1.09 bits per heavy atom. The largest absolute Gasteiger partial charge is 0.321 e. The predicted octanol–water partition coefficient (Wildman–Crippen LogP) is 5.34. The quantitative estimate of drug-likeness (QED) is 0.401. The summed E-state index contributed by atoms with van der Waals surface area (Å²) in [6.45, 7) is 3.76. The zero-order valence-corrected chi connectivity index (χ0v) is 19.6. The Bertz CT molecular complexity index is 1450. The lowest BCUT2D eigenvalue weighted by Gasteiger charge is -2.15. The van der Waals surface area contributed by atoms with E-state index in [1.54, 1.807) is 19.1 Å². The van der Waals surface area contributed by atoms with Gasteiger partial charge in [-0.3, -0.25) is 9.59 Å². The smallest absolute Gasteiger partial charge is 0.283 e. The van der Waals surface area contributed by atoms with Crippen LogP contribution in [-0.2, 0) is 0 Å². The molecule has 0 bridgehead atoms. The zero-order valence-electron chi connectivity index (χ0n) is 17.2. The van der Waals surface area contributed by atoms with Gasteiger partial charge in [0.1, 0.15) is 4.83 Å². The lowest BCUT2D eigenvalue weighted by molar-refractivity contribution is 0.103. The van der Waals surface area contributed by atoms with E-state index in [4.69, 9.17) is 11.6 Å². The summed E-state index contributed by atoms with van der Waals surface area (Å²) in [5, 5.41) is 9.05. The molecule has 1 aliphatic heterocycles. The van der Waals surface area contributed by atoms with Crippen molar-refractivity contribution >= 4 is 62.2 Å². The highest BCUT2D eigenvalue weighted by molar-refractivity contribution is 7.99. The summed E-state index contributed by atoms with van der Waals surface area (Å²) in [6, 6.07) is 14.9. The lowest BCUT2D eigenvalue weighted by atomic mass is 10.1. The molecule has 4 aromatic rings. The average Bonchev–Trinajstić information content (AvgIpc) is 3.12. The molecule has 6 nitrogen and oxygen atoms in total. The Labute approximate surface area is 197 Å². The molecule has 0 fully saturated rings. The van der Waals surface area contributed by atoms with Crippen LogP contribution in [0.5, 0.6) is 0 Å². The van der Waals surface area contributed by atoms with E-state index in [2.05, 4.69) is 15.4 Å². The van der Waals surface area contributed by atoms with Crippen LogP contribution in [0.4, 0.5) is 5.69 Å². The molecule has 0 saturated heterocycles. The number of rotatable bonds is 3. The van der Waals surface area contributed by atoms with Gasteiger partial charge >= 0.3 is 0 Å². The van der Waals surface area contributed by atoms with Crippen LogP contribution in [-0.4, -0.2) is 27.0 Å². The topological polar surface area (TPSA) is 76.3 Å². The van der Waals surface area contributed by atoms with Gasteiger partial charge in [0.25, 0.3) is 11.5 Å². The fraction of sp³-hybridized carbons (Fsp3) is 0.130. The maximum atomic E-state index is 13.3. The zero-order chi connectivity index (χ0) is 22.4. The molecule has 0 saturated carbocycles. The van der Waals surface area contributed by atoms with Crippen LogP contribution >= 0.6 is 34.7 Å². The highest BCUT2D eigenvalue weighted by Crippen LogP contribution is 2.31. The van der Waals surface area contributed by atoms with Crippen LogP contribution in [0.25, 0.3) is 10.2 Å². The fourth-order valence-corrected chi connectivity index (χ4v) is 5.59. The van der Waals surface area contributed by atoms with Crippen molar-refractivity contribution in [3.63, 3.8) is 0 Å². The van der Waals surface area contributed by atoms with Crippen LogP contribution < -0.4 is 10.9 Å². The molecule has 2 aromatic carbocycles. The van der Waals surface area contributed by atoms with Gasteiger partial charge in [-0.1, -0.05) is 53.2 Å². The van der Waals surface area contributed by atoms with Crippen LogP contribution in [0.1, 0.15) is 26.4 Å². The number of nitrogens with one attached hydrogen (secondary N) is 1. The van der Waals surface area contributed by atoms with Crippen LogP contribution in [0.3, 0.4) is 0 Å². The molecule has 1 amide bonds. The maximum absolute atomic E-state index is 13.3. The molecule has 0 radical (unpaired) electrons. The van der Waals surface area contributed by atoms with Crippen molar-refractivity contribution in [3.05, 3.63) is 85.5 Å². The standard InChI is InChI=1S/C23H17ClN4O2S2/c1-12-3-9-16(10-4-12)25-20(29)19-13(2)18-21(32-19)26-23-28(22(18)30)27-17(11-31-23)14-5-7-15(24)8-6-14/h3-10H,11H2,1-2H3,(H,25,29). The van der Waals surface area contributed by atoms with Crippen molar-refractivity contribution in [2.75, 3.05) is 11.1 Å². The summed E-state index contributed by atoms with van der Waals surface area (Å²) >= 11 is 8.66. The number of nitrogens with zero attached hydrogens (tertiary/aromatic N) is 3. The minimum atomic E-state index is -0.271. The van der Waals surface area contributed by atoms with E-state index in [1.807, 2.05) is 43.3 Å². The highest BCUT2D eigenvalue weighted by Gasteiger charge is 2.24. The van der Waals surface area contributed by atoms with Crippen LogP contribution in [0, 0.1) is 13.8 Å². The Hall–Kier alpha value is -2.94. The van der Waals surface area contributed by atoms with Gasteiger partial charge in [0.15, 0.2) is 5.16 Å². The first-order chi connectivity index (χ1) is 15.4. The Morgan fingerprint density at radius 3 is 2.53 bits per heavy atom.